The summed E-state index contributed by atoms with van der Waals surface area (Å²) in [7, 11) is 1.77. The zero-order chi connectivity index (χ0) is 14.0. The highest BCUT2D eigenvalue weighted by Crippen LogP contribution is 2.28. The van der Waals surface area contributed by atoms with E-state index in [1.165, 1.54) is 0 Å². The van der Waals surface area contributed by atoms with E-state index < -0.39 is 11.6 Å². The van der Waals surface area contributed by atoms with E-state index in [9.17, 15) is 8.78 Å². The Balaban J connectivity index is 2.55. The van der Waals surface area contributed by atoms with Crippen molar-refractivity contribution in [3.63, 3.8) is 0 Å². The molecule has 3 heteroatoms. The number of rotatable bonds is 3. The molecule has 1 nitrogen and oxygen atoms in total. The van der Waals surface area contributed by atoms with Crippen molar-refractivity contribution in [3.05, 3.63) is 70.3 Å². The van der Waals surface area contributed by atoms with E-state index >= 15 is 0 Å². The minimum absolute atomic E-state index is 0.277. The van der Waals surface area contributed by atoms with E-state index in [4.69, 9.17) is 0 Å². The first-order valence-corrected chi connectivity index (χ1v) is 6.23. The first-order chi connectivity index (χ1) is 9.04. The molecule has 1 atom stereocenters. The molecule has 0 aromatic heterocycles. The molecule has 0 heterocycles. The van der Waals surface area contributed by atoms with Gasteiger partial charge in [-0.15, -0.1) is 0 Å². The van der Waals surface area contributed by atoms with Crippen LogP contribution >= 0.6 is 0 Å². The third-order valence-corrected chi connectivity index (χ3v) is 3.38. The van der Waals surface area contributed by atoms with Crippen LogP contribution in [0.25, 0.3) is 0 Å². The summed E-state index contributed by atoms with van der Waals surface area (Å²) < 4.78 is 27.4. The fourth-order valence-electron chi connectivity index (χ4n) is 2.29. The molecule has 0 aliphatic heterocycles. The minimum atomic E-state index is -0.522. The molecule has 0 amide bonds. The smallest absolute Gasteiger partial charge is 0.131 e. The summed E-state index contributed by atoms with van der Waals surface area (Å²) >= 11 is 0. The van der Waals surface area contributed by atoms with Crippen LogP contribution in [0.3, 0.4) is 0 Å². The Morgan fingerprint density at radius 2 is 1.58 bits per heavy atom. The maximum Gasteiger partial charge on any atom is 0.131 e. The summed E-state index contributed by atoms with van der Waals surface area (Å²) in [5.41, 5.74) is 2.99. The molecule has 0 saturated carbocycles. The number of aryl methyl sites for hydroxylation is 2. The Hall–Kier alpha value is -1.74. The summed E-state index contributed by atoms with van der Waals surface area (Å²) in [6.45, 7) is 3.62. The topological polar surface area (TPSA) is 12.0 Å². The second-order valence-corrected chi connectivity index (χ2v) is 4.70. The number of hydrogen-bond donors (Lipinski definition) is 1. The summed E-state index contributed by atoms with van der Waals surface area (Å²) in [5, 5.41) is 3.10. The molecule has 19 heavy (non-hydrogen) atoms. The van der Waals surface area contributed by atoms with Gasteiger partial charge in [-0.2, -0.15) is 0 Å². The molecular weight excluding hydrogens is 244 g/mol. The van der Waals surface area contributed by atoms with Crippen molar-refractivity contribution in [2.75, 3.05) is 7.05 Å². The fourth-order valence-corrected chi connectivity index (χ4v) is 2.29. The van der Waals surface area contributed by atoms with Gasteiger partial charge in [-0.25, -0.2) is 8.78 Å². The molecule has 1 unspecified atom stereocenters. The number of halogens is 2. The highest BCUT2D eigenvalue weighted by Gasteiger charge is 2.19. The first kappa shape index (κ1) is 13.7. The van der Waals surface area contributed by atoms with Gasteiger partial charge in [-0.3, -0.25) is 0 Å². The molecule has 1 N–H and O–H groups in total. The van der Waals surface area contributed by atoms with Gasteiger partial charge in [0, 0.05) is 11.6 Å². The van der Waals surface area contributed by atoms with Crippen LogP contribution < -0.4 is 5.32 Å². The second-order valence-electron chi connectivity index (χ2n) is 4.70. The maximum absolute atomic E-state index is 14.0. The van der Waals surface area contributed by atoms with Crippen LogP contribution in [0.5, 0.6) is 0 Å². The molecule has 0 spiro atoms. The lowest BCUT2D eigenvalue weighted by molar-refractivity contribution is 0.547. The van der Waals surface area contributed by atoms with Gasteiger partial charge in [0.1, 0.15) is 11.6 Å². The first-order valence-electron chi connectivity index (χ1n) is 6.23. The van der Waals surface area contributed by atoms with Crippen LogP contribution in [0.1, 0.15) is 28.3 Å². The average molecular weight is 261 g/mol. The Bertz CT molecular complexity index is 593. The zero-order valence-corrected chi connectivity index (χ0v) is 11.3. The van der Waals surface area contributed by atoms with E-state index in [0.29, 0.717) is 11.1 Å². The van der Waals surface area contributed by atoms with Gasteiger partial charge in [0.2, 0.25) is 0 Å². The molecule has 2 aromatic carbocycles. The summed E-state index contributed by atoms with van der Waals surface area (Å²) in [5.74, 6) is -1.04. The fraction of sp³-hybridized carbons (Fsp3) is 0.250. The summed E-state index contributed by atoms with van der Waals surface area (Å²) in [6.07, 6.45) is 0. The van der Waals surface area contributed by atoms with Gasteiger partial charge in [0.05, 0.1) is 6.04 Å². The maximum atomic E-state index is 14.0. The Kier molecular flexibility index (Phi) is 3.96. The molecule has 0 saturated heterocycles. The predicted molar refractivity (Wildman–Crippen MR) is 73.2 cm³/mol. The molecule has 0 bridgehead atoms. The van der Waals surface area contributed by atoms with Gasteiger partial charge in [0.15, 0.2) is 0 Å². The van der Waals surface area contributed by atoms with E-state index in [-0.39, 0.29) is 6.04 Å². The van der Waals surface area contributed by atoms with E-state index in [1.807, 2.05) is 31.2 Å². The number of benzene rings is 2. The van der Waals surface area contributed by atoms with E-state index in [2.05, 4.69) is 5.32 Å². The Morgan fingerprint density at radius 1 is 0.895 bits per heavy atom. The zero-order valence-electron chi connectivity index (χ0n) is 11.3. The molecule has 0 fully saturated rings. The van der Waals surface area contributed by atoms with Crippen molar-refractivity contribution >= 4 is 0 Å². The van der Waals surface area contributed by atoms with Crippen molar-refractivity contribution in [2.45, 2.75) is 19.9 Å². The molecule has 100 valence electrons. The van der Waals surface area contributed by atoms with Crippen molar-refractivity contribution in [2.24, 2.45) is 0 Å². The summed E-state index contributed by atoms with van der Waals surface area (Å²) in [6, 6.07) is 10.0. The van der Waals surface area contributed by atoms with Crippen LogP contribution in [0, 0.1) is 25.5 Å². The quantitative estimate of drug-likeness (QED) is 0.883. The van der Waals surface area contributed by atoms with Crippen molar-refractivity contribution in [3.8, 4) is 0 Å². The van der Waals surface area contributed by atoms with Crippen LogP contribution in [-0.2, 0) is 0 Å². The molecule has 0 aliphatic carbocycles. The van der Waals surface area contributed by atoms with Crippen LogP contribution in [0.4, 0.5) is 8.78 Å². The largest absolute Gasteiger partial charge is 0.309 e. The number of hydrogen-bond acceptors (Lipinski definition) is 1. The monoisotopic (exact) mass is 261 g/mol. The molecule has 2 rings (SSSR count). The van der Waals surface area contributed by atoms with Crippen LogP contribution in [0.15, 0.2) is 36.4 Å². The Morgan fingerprint density at radius 3 is 2.21 bits per heavy atom. The minimum Gasteiger partial charge on any atom is -0.309 e. The van der Waals surface area contributed by atoms with Gasteiger partial charge in [-0.1, -0.05) is 24.3 Å². The lowest BCUT2D eigenvalue weighted by atomic mass is 9.93. The van der Waals surface area contributed by atoms with Crippen molar-refractivity contribution < 1.29 is 8.78 Å². The SMILES string of the molecule is CNC(c1ccccc1C)c1cc(C)c(F)cc1F. The van der Waals surface area contributed by atoms with Gasteiger partial charge >= 0.3 is 0 Å². The molecule has 0 aliphatic rings. The Labute approximate surface area is 112 Å². The molecule has 0 radical (unpaired) electrons. The third-order valence-electron chi connectivity index (χ3n) is 3.38. The van der Waals surface area contributed by atoms with Crippen molar-refractivity contribution in [1.82, 2.24) is 5.32 Å². The van der Waals surface area contributed by atoms with Gasteiger partial charge < -0.3 is 5.32 Å². The lowest BCUT2D eigenvalue weighted by Crippen LogP contribution is -2.20. The highest BCUT2D eigenvalue weighted by molar-refractivity contribution is 5.39. The molecule has 2 aromatic rings. The highest BCUT2D eigenvalue weighted by atomic mass is 19.1. The molecular formula is C16H17F2N. The third kappa shape index (κ3) is 2.66. The van der Waals surface area contributed by atoms with Crippen molar-refractivity contribution in [1.29, 1.82) is 0 Å². The van der Waals surface area contributed by atoms with Crippen LogP contribution in [0.2, 0.25) is 0 Å². The predicted octanol–water partition coefficient (Wildman–Crippen LogP) is 3.89. The normalized spacial score (nSPS) is 12.5. The van der Waals surface area contributed by atoms with Gasteiger partial charge in [-0.05, 0) is 43.7 Å². The second kappa shape index (κ2) is 5.49. The number of nitrogens with one attached hydrogen (secondary N) is 1. The summed E-state index contributed by atoms with van der Waals surface area (Å²) in [4.78, 5) is 0. The van der Waals surface area contributed by atoms with Crippen LogP contribution in [-0.4, -0.2) is 7.05 Å². The van der Waals surface area contributed by atoms with E-state index in [0.717, 1.165) is 17.2 Å². The van der Waals surface area contributed by atoms with E-state index in [1.54, 1.807) is 20.0 Å². The average Bonchev–Trinajstić information content (AvgIpc) is 2.38. The van der Waals surface area contributed by atoms with Gasteiger partial charge in [0.25, 0.3) is 0 Å². The lowest BCUT2D eigenvalue weighted by Gasteiger charge is -2.20. The standard InChI is InChI=1S/C16H17F2N/c1-10-6-4-5-7-12(10)16(19-3)13-8-11(2)14(17)9-15(13)18/h4-9,16,19H,1-3H3.